The van der Waals surface area contributed by atoms with Crippen LogP contribution in [-0.2, 0) is 19.3 Å². The van der Waals surface area contributed by atoms with Gasteiger partial charge in [0.2, 0.25) is 0 Å². The van der Waals surface area contributed by atoms with Crippen LogP contribution in [0.3, 0.4) is 0 Å². The van der Waals surface area contributed by atoms with Gasteiger partial charge in [0.1, 0.15) is 0 Å². The molecule has 0 N–H and O–H groups in total. The van der Waals surface area contributed by atoms with Gasteiger partial charge in [0.15, 0.2) is 0 Å². The molecule has 0 aromatic heterocycles. The molecule has 0 heterocycles. The highest BCUT2D eigenvalue weighted by Crippen LogP contribution is 2.49. The van der Waals surface area contributed by atoms with E-state index in [2.05, 4.69) is 98.8 Å². The van der Waals surface area contributed by atoms with E-state index in [4.69, 9.17) is 0 Å². The lowest BCUT2D eigenvalue weighted by Gasteiger charge is -2.32. The van der Waals surface area contributed by atoms with Crippen LogP contribution in [0.5, 0.6) is 0 Å². The van der Waals surface area contributed by atoms with Crippen LogP contribution in [0.4, 0.5) is 0 Å². The summed E-state index contributed by atoms with van der Waals surface area (Å²) >= 11 is 0. The van der Waals surface area contributed by atoms with Crippen molar-refractivity contribution >= 4 is 5.57 Å². The maximum Gasteiger partial charge on any atom is -0.00139 e. The van der Waals surface area contributed by atoms with Gasteiger partial charge in [0, 0.05) is 0 Å². The van der Waals surface area contributed by atoms with Gasteiger partial charge in [0.05, 0.1) is 0 Å². The first-order chi connectivity index (χ1) is 15.2. The first kappa shape index (κ1) is 20.1. The van der Waals surface area contributed by atoms with Crippen molar-refractivity contribution < 1.29 is 0 Å². The van der Waals surface area contributed by atoms with Gasteiger partial charge in [0.25, 0.3) is 0 Å². The van der Waals surface area contributed by atoms with E-state index in [1.54, 1.807) is 22.3 Å². The Morgan fingerprint density at radius 1 is 0.742 bits per heavy atom. The Morgan fingerprint density at radius 3 is 2.03 bits per heavy atom. The van der Waals surface area contributed by atoms with Crippen molar-refractivity contribution in [1.29, 1.82) is 0 Å². The fourth-order valence-corrected chi connectivity index (χ4v) is 5.49. The van der Waals surface area contributed by atoms with Gasteiger partial charge in [-0.15, -0.1) is 0 Å². The van der Waals surface area contributed by atoms with Crippen LogP contribution in [0, 0.1) is 5.41 Å². The largest absolute Gasteiger partial charge is 0.0777 e. The fourth-order valence-electron chi connectivity index (χ4n) is 5.49. The van der Waals surface area contributed by atoms with E-state index in [1.165, 1.54) is 41.5 Å². The van der Waals surface area contributed by atoms with Crippen molar-refractivity contribution in [2.45, 2.75) is 52.4 Å². The van der Waals surface area contributed by atoms with Crippen molar-refractivity contribution in [3.8, 4) is 0 Å². The van der Waals surface area contributed by atoms with Gasteiger partial charge in [-0.2, -0.15) is 0 Å². The standard InChI is InChI=1S/C31H32/c1-3-31(4-2)18-17-26-21-29-27(30(26)22-31)16-15-25(19-23-11-7-5-8-12-23)28(29)20-24-13-9-6-10-14-24/h5-18H,3-4,19-22H2,1-2H3. The van der Waals surface area contributed by atoms with Crippen LogP contribution >= 0.6 is 0 Å². The Morgan fingerprint density at radius 2 is 1.39 bits per heavy atom. The highest BCUT2D eigenvalue weighted by Gasteiger charge is 2.34. The first-order valence-corrected chi connectivity index (χ1v) is 11.8. The Labute approximate surface area is 187 Å². The third kappa shape index (κ3) is 3.81. The Balaban J connectivity index is 1.57. The molecule has 0 atom stereocenters. The number of fused-ring (bicyclic) bond motifs is 2. The lowest BCUT2D eigenvalue weighted by Crippen LogP contribution is -2.18. The second-order valence-corrected chi connectivity index (χ2v) is 9.31. The third-order valence-electron chi connectivity index (χ3n) is 7.64. The van der Waals surface area contributed by atoms with Gasteiger partial charge >= 0.3 is 0 Å². The van der Waals surface area contributed by atoms with E-state index >= 15 is 0 Å². The Hall–Kier alpha value is -2.86. The van der Waals surface area contributed by atoms with Crippen LogP contribution in [0.25, 0.3) is 5.57 Å². The Bertz CT molecular complexity index is 1130. The molecule has 2 aliphatic rings. The summed E-state index contributed by atoms with van der Waals surface area (Å²) in [6.45, 7) is 4.69. The highest BCUT2D eigenvalue weighted by molar-refractivity contribution is 5.81. The van der Waals surface area contributed by atoms with E-state index in [-0.39, 0.29) is 0 Å². The van der Waals surface area contributed by atoms with Gasteiger partial charge in [-0.05, 0) is 88.5 Å². The van der Waals surface area contributed by atoms with Crippen molar-refractivity contribution in [3.63, 3.8) is 0 Å². The van der Waals surface area contributed by atoms with Crippen molar-refractivity contribution in [1.82, 2.24) is 0 Å². The molecule has 3 aromatic carbocycles. The summed E-state index contributed by atoms with van der Waals surface area (Å²) in [5, 5.41) is 0. The molecule has 0 nitrogen and oxygen atoms in total. The number of hydrogen-bond acceptors (Lipinski definition) is 0. The normalized spacial score (nSPS) is 16.3. The monoisotopic (exact) mass is 404 g/mol. The lowest BCUT2D eigenvalue weighted by atomic mass is 9.72. The van der Waals surface area contributed by atoms with E-state index in [9.17, 15) is 0 Å². The minimum atomic E-state index is 0.336. The predicted molar refractivity (Wildman–Crippen MR) is 132 cm³/mol. The number of hydrogen-bond donors (Lipinski definition) is 0. The molecule has 2 aliphatic carbocycles. The smallest absolute Gasteiger partial charge is 0.00139 e. The van der Waals surface area contributed by atoms with E-state index in [1.807, 2.05) is 0 Å². The summed E-state index contributed by atoms with van der Waals surface area (Å²) in [6, 6.07) is 26.7. The molecule has 5 rings (SSSR count). The lowest BCUT2D eigenvalue weighted by molar-refractivity contribution is 0.359. The van der Waals surface area contributed by atoms with Crippen LogP contribution < -0.4 is 0 Å². The zero-order chi connectivity index (χ0) is 21.3. The maximum atomic E-state index is 2.51. The first-order valence-electron chi connectivity index (χ1n) is 11.8. The third-order valence-corrected chi connectivity index (χ3v) is 7.64. The maximum absolute atomic E-state index is 2.51. The quantitative estimate of drug-likeness (QED) is 0.391. The summed E-state index contributed by atoms with van der Waals surface area (Å²) in [6.07, 6.45) is 11.7. The molecule has 0 unspecified atom stereocenters. The molecule has 0 bridgehead atoms. The van der Waals surface area contributed by atoms with Crippen molar-refractivity contribution in [2.24, 2.45) is 5.41 Å². The average Bonchev–Trinajstić information content (AvgIpc) is 3.19. The molecule has 0 heteroatoms. The van der Waals surface area contributed by atoms with Crippen LogP contribution in [0.15, 0.2) is 90.5 Å². The SMILES string of the molecule is CCC1(CC)C=CC2=C(C1)c1ccc(Cc3ccccc3)c(Cc3ccccc3)c1C2. The zero-order valence-electron chi connectivity index (χ0n) is 18.8. The molecule has 31 heavy (non-hydrogen) atoms. The second kappa shape index (κ2) is 8.35. The molecule has 0 spiro atoms. The molecule has 0 saturated heterocycles. The summed E-state index contributed by atoms with van der Waals surface area (Å²) in [5.41, 5.74) is 12.4. The van der Waals surface area contributed by atoms with Crippen LogP contribution in [0.2, 0.25) is 0 Å². The summed E-state index contributed by atoms with van der Waals surface area (Å²) in [4.78, 5) is 0. The van der Waals surface area contributed by atoms with Gasteiger partial charge in [-0.25, -0.2) is 0 Å². The number of benzene rings is 3. The molecule has 0 saturated carbocycles. The minimum Gasteiger partial charge on any atom is -0.0777 e. The van der Waals surface area contributed by atoms with Gasteiger partial charge < -0.3 is 0 Å². The van der Waals surface area contributed by atoms with E-state index in [0.29, 0.717) is 5.41 Å². The second-order valence-electron chi connectivity index (χ2n) is 9.31. The molecule has 0 aliphatic heterocycles. The van der Waals surface area contributed by atoms with Crippen LogP contribution in [-0.4, -0.2) is 0 Å². The fraction of sp³-hybridized carbons (Fsp3) is 0.290. The van der Waals surface area contributed by atoms with Crippen molar-refractivity contribution in [3.05, 3.63) is 124 Å². The Kier molecular flexibility index (Phi) is 5.40. The molecular weight excluding hydrogens is 372 g/mol. The van der Waals surface area contributed by atoms with Crippen LogP contribution in [0.1, 0.15) is 66.5 Å². The summed E-state index contributed by atoms with van der Waals surface area (Å²) in [7, 11) is 0. The number of rotatable bonds is 6. The van der Waals surface area contributed by atoms with Gasteiger partial charge in [-0.1, -0.05) is 98.8 Å². The van der Waals surface area contributed by atoms with Gasteiger partial charge in [-0.3, -0.25) is 0 Å². The number of allylic oxidation sites excluding steroid dienone is 4. The van der Waals surface area contributed by atoms with E-state index < -0.39 is 0 Å². The molecular formula is C31H32. The topological polar surface area (TPSA) is 0 Å². The molecule has 3 aromatic rings. The molecule has 0 fully saturated rings. The predicted octanol–water partition coefficient (Wildman–Crippen LogP) is 7.94. The summed E-state index contributed by atoms with van der Waals surface area (Å²) < 4.78 is 0. The summed E-state index contributed by atoms with van der Waals surface area (Å²) in [5.74, 6) is 0. The molecule has 156 valence electrons. The average molecular weight is 405 g/mol. The molecule has 0 amide bonds. The minimum absolute atomic E-state index is 0.336. The van der Waals surface area contributed by atoms with Crippen molar-refractivity contribution in [2.75, 3.05) is 0 Å². The zero-order valence-corrected chi connectivity index (χ0v) is 18.8. The molecule has 0 radical (unpaired) electrons. The highest BCUT2D eigenvalue weighted by atomic mass is 14.4. The van der Waals surface area contributed by atoms with E-state index in [0.717, 1.165) is 19.3 Å².